The molecule has 1 aromatic carbocycles. The molecule has 0 aromatic heterocycles. The first-order valence-corrected chi connectivity index (χ1v) is 6.13. The lowest BCUT2D eigenvalue weighted by Crippen LogP contribution is -2.31. The normalized spacial score (nSPS) is 22.4. The number of ether oxygens (including phenoxy) is 2. The summed E-state index contributed by atoms with van der Waals surface area (Å²) in [6.07, 6.45) is 0.967. The van der Waals surface area contributed by atoms with Crippen LogP contribution in [0.15, 0.2) is 18.2 Å². The van der Waals surface area contributed by atoms with Crippen LogP contribution in [0.4, 0.5) is 0 Å². The van der Waals surface area contributed by atoms with Crippen molar-refractivity contribution in [3.05, 3.63) is 23.8 Å². The Morgan fingerprint density at radius 2 is 2.22 bits per heavy atom. The van der Waals surface area contributed by atoms with Gasteiger partial charge in [-0.3, -0.25) is 9.69 Å². The Morgan fingerprint density at radius 1 is 1.39 bits per heavy atom. The number of nitrogens with zero attached hydrogens (tertiary/aromatic N) is 1. The Kier molecular flexibility index (Phi) is 2.93. The number of carbonyl (C=O) groups is 1. The van der Waals surface area contributed by atoms with E-state index < -0.39 is 0 Å². The van der Waals surface area contributed by atoms with Gasteiger partial charge in [0.1, 0.15) is 0 Å². The van der Waals surface area contributed by atoms with Gasteiger partial charge in [0.15, 0.2) is 17.3 Å². The number of nitrogens with two attached hydrogens (primary N) is 1. The van der Waals surface area contributed by atoms with E-state index in [1.54, 1.807) is 18.2 Å². The molecule has 0 aliphatic carbocycles. The van der Waals surface area contributed by atoms with Crippen molar-refractivity contribution >= 4 is 5.78 Å². The lowest BCUT2D eigenvalue weighted by molar-refractivity contribution is 0.0944. The van der Waals surface area contributed by atoms with Gasteiger partial charge in [-0.1, -0.05) is 0 Å². The average Bonchev–Trinajstić information content (AvgIpc) is 2.96. The van der Waals surface area contributed by atoms with Crippen LogP contribution in [-0.4, -0.2) is 43.2 Å². The van der Waals surface area contributed by atoms with E-state index in [9.17, 15) is 4.79 Å². The summed E-state index contributed by atoms with van der Waals surface area (Å²) in [5.74, 6) is 1.45. The minimum atomic E-state index is 0.0994. The summed E-state index contributed by atoms with van der Waals surface area (Å²) in [7, 11) is 0. The van der Waals surface area contributed by atoms with Gasteiger partial charge in [-0.15, -0.1) is 0 Å². The highest BCUT2D eigenvalue weighted by Crippen LogP contribution is 2.32. The summed E-state index contributed by atoms with van der Waals surface area (Å²) >= 11 is 0. The second-order valence-electron chi connectivity index (χ2n) is 4.78. The van der Waals surface area contributed by atoms with Crippen molar-refractivity contribution in [2.75, 3.05) is 26.4 Å². The number of ketones is 1. The van der Waals surface area contributed by atoms with Crippen LogP contribution < -0.4 is 15.2 Å². The molecule has 0 spiro atoms. The predicted molar refractivity (Wildman–Crippen MR) is 65.9 cm³/mol. The molecule has 5 nitrogen and oxygen atoms in total. The molecule has 0 bridgehead atoms. The molecular formula is C13H16N2O3. The molecule has 3 rings (SSSR count). The Bertz CT molecular complexity index is 475. The third-order valence-corrected chi connectivity index (χ3v) is 3.37. The van der Waals surface area contributed by atoms with Crippen LogP contribution in [0, 0.1) is 0 Å². The van der Waals surface area contributed by atoms with Crippen molar-refractivity contribution in [1.82, 2.24) is 4.90 Å². The van der Waals surface area contributed by atoms with E-state index in [0.717, 1.165) is 19.5 Å². The second kappa shape index (κ2) is 4.59. The van der Waals surface area contributed by atoms with Crippen molar-refractivity contribution < 1.29 is 14.3 Å². The van der Waals surface area contributed by atoms with Crippen molar-refractivity contribution in [1.29, 1.82) is 0 Å². The van der Waals surface area contributed by atoms with E-state index in [2.05, 4.69) is 4.90 Å². The van der Waals surface area contributed by atoms with E-state index in [1.807, 2.05) is 0 Å². The Balaban J connectivity index is 1.69. The van der Waals surface area contributed by atoms with E-state index in [0.29, 0.717) is 23.6 Å². The predicted octanol–water partition coefficient (Wildman–Crippen LogP) is 0.631. The molecule has 2 heterocycles. The zero-order chi connectivity index (χ0) is 12.5. The van der Waals surface area contributed by atoms with Crippen LogP contribution in [0.1, 0.15) is 16.8 Å². The van der Waals surface area contributed by atoms with Gasteiger partial charge in [0, 0.05) is 24.7 Å². The maximum Gasteiger partial charge on any atom is 0.231 e. The average molecular weight is 248 g/mol. The second-order valence-corrected chi connectivity index (χ2v) is 4.78. The summed E-state index contributed by atoms with van der Waals surface area (Å²) in [5.41, 5.74) is 6.49. The maximum atomic E-state index is 12.1. The SMILES string of the molecule is NC1CCN(CC(=O)c2ccc3c(c2)OCO3)C1. The van der Waals surface area contributed by atoms with Gasteiger partial charge >= 0.3 is 0 Å². The Morgan fingerprint density at radius 3 is 3.00 bits per heavy atom. The highest BCUT2D eigenvalue weighted by molar-refractivity contribution is 5.98. The summed E-state index contributed by atoms with van der Waals surface area (Å²) in [6, 6.07) is 5.52. The number of rotatable bonds is 3. The Hall–Kier alpha value is -1.59. The van der Waals surface area contributed by atoms with E-state index in [-0.39, 0.29) is 18.6 Å². The number of hydrogen-bond donors (Lipinski definition) is 1. The molecule has 96 valence electrons. The summed E-state index contributed by atoms with van der Waals surface area (Å²) < 4.78 is 10.5. The first-order chi connectivity index (χ1) is 8.72. The number of carbonyl (C=O) groups excluding carboxylic acids is 1. The Labute approximate surface area is 105 Å². The first-order valence-electron chi connectivity index (χ1n) is 6.13. The fourth-order valence-corrected chi connectivity index (χ4v) is 2.37. The molecule has 2 aliphatic heterocycles. The summed E-state index contributed by atoms with van der Waals surface area (Å²) in [4.78, 5) is 14.2. The third kappa shape index (κ3) is 2.19. The fourth-order valence-electron chi connectivity index (χ4n) is 2.37. The quantitative estimate of drug-likeness (QED) is 0.795. The molecule has 5 heteroatoms. The number of Topliss-reactive ketones (excluding diaryl/α,β-unsaturated/α-hetero) is 1. The standard InChI is InChI=1S/C13H16N2O3/c14-10-3-4-15(6-10)7-11(16)9-1-2-12-13(5-9)18-8-17-12/h1-2,5,10H,3-4,6-8,14H2. The van der Waals surface area contributed by atoms with Gasteiger partial charge in [0.05, 0.1) is 6.54 Å². The fraction of sp³-hybridized carbons (Fsp3) is 0.462. The topological polar surface area (TPSA) is 64.8 Å². The zero-order valence-electron chi connectivity index (χ0n) is 10.1. The minimum Gasteiger partial charge on any atom is -0.454 e. The third-order valence-electron chi connectivity index (χ3n) is 3.37. The lowest BCUT2D eigenvalue weighted by atomic mass is 10.1. The molecule has 18 heavy (non-hydrogen) atoms. The monoisotopic (exact) mass is 248 g/mol. The largest absolute Gasteiger partial charge is 0.454 e. The van der Waals surface area contributed by atoms with Gasteiger partial charge in [0.25, 0.3) is 0 Å². The highest BCUT2D eigenvalue weighted by atomic mass is 16.7. The molecule has 0 saturated carbocycles. The summed E-state index contributed by atoms with van der Waals surface area (Å²) in [6.45, 7) is 2.36. The molecule has 1 unspecified atom stereocenters. The number of fused-ring (bicyclic) bond motifs is 1. The zero-order valence-corrected chi connectivity index (χ0v) is 10.1. The van der Waals surface area contributed by atoms with E-state index >= 15 is 0 Å². The molecule has 0 amide bonds. The van der Waals surface area contributed by atoms with E-state index in [4.69, 9.17) is 15.2 Å². The van der Waals surface area contributed by atoms with Gasteiger partial charge in [0.2, 0.25) is 6.79 Å². The molecule has 1 atom stereocenters. The van der Waals surface area contributed by atoms with Crippen LogP contribution in [0.3, 0.4) is 0 Å². The number of benzene rings is 1. The van der Waals surface area contributed by atoms with Crippen LogP contribution >= 0.6 is 0 Å². The van der Waals surface area contributed by atoms with Crippen LogP contribution in [0.25, 0.3) is 0 Å². The molecule has 1 saturated heterocycles. The van der Waals surface area contributed by atoms with E-state index in [1.165, 1.54) is 0 Å². The van der Waals surface area contributed by atoms with Crippen molar-refractivity contribution in [3.8, 4) is 11.5 Å². The molecule has 1 fully saturated rings. The van der Waals surface area contributed by atoms with Crippen molar-refractivity contribution in [3.63, 3.8) is 0 Å². The van der Waals surface area contributed by atoms with Crippen LogP contribution in [0.2, 0.25) is 0 Å². The van der Waals surface area contributed by atoms with Gasteiger partial charge in [-0.25, -0.2) is 0 Å². The lowest BCUT2D eigenvalue weighted by Gasteiger charge is -2.13. The van der Waals surface area contributed by atoms with Crippen LogP contribution in [-0.2, 0) is 0 Å². The maximum absolute atomic E-state index is 12.1. The highest BCUT2D eigenvalue weighted by Gasteiger charge is 2.22. The van der Waals surface area contributed by atoms with Gasteiger partial charge < -0.3 is 15.2 Å². The first kappa shape index (κ1) is 11.5. The molecular weight excluding hydrogens is 232 g/mol. The minimum absolute atomic E-state index is 0.0994. The molecule has 1 aromatic rings. The number of likely N-dealkylation sites (tertiary alicyclic amines) is 1. The van der Waals surface area contributed by atoms with Gasteiger partial charge in [-0.05, 0) is 24.6 Å². The number of hydrogen-bond acceptors (Lipinski definition) is 5. The molecule has 0 radical (unpaired) electrons. The molecule has 2 N–H and O–H groups in total. The van der Waals surface area contributed by atoms with Crippen molar-refractivity contribution in [2.45, 2.75) is 12.5 Å². The summed E-state index contributed by atoms with van der Waals surface area (Å²) in [5, 5.41) is 0. The smallest absolute Gasteiger partial charge is 0.231 e. The van der Waals surface area contributed by atoms with Crippen molar-refractivity contribution in [2.24, 2.45) is 5.73 Å². The van der Waals surface area contributed by atoms with Gasteiger partial charge in [-0.2, -0.15) is 0 Å². The molecule has 2 aliphatic rings. The van der Waals surface area contributed by atoms with Crippen LogP contribution in [0.5, 0.6) is 11.5 Å².